The van der Waals surface area contributed by atoms with E-state index >= 15 is 0 Å². The van der Waals surface area contributed by atoms with Crippen molar-refractivity contribution in [3.8, 4) is 11.5 Å². The standard InChI is InChI=1S/C25H26ClFN2O4S/c1-33-25-11-2-18(16-24(25)30)17-28-14-12-22(13-15-28)29(21-7-5-20(27)6-8-21)34(31,32)23-9-3-19(26)4-10-23/h2-11,16,22,30H,12-15,17H2,1H3. The number of benzene rings is 3. The van der Waals surface area contributed by atoms with Gasteiger partial charge in [-0.1, -0.05) is 17.7 Å². The quantitative estimate of drug-likeness (QED) is 0.487. The summed E-state index contributed by atoms with van der Waals surface area (Å²) in [6.07, 6.45) is 1.21. The van der Waals surface area contributed by atoms with Crippen LogP contribution in [-0.2, 0) is 16.6 Å². The minimum atomic E-state index is -3.89. The molecule has 180 valence electrons. The highest BCUT2D eigenvalue weighted by Gasteiger charge is 2.34. The summed E-state index contributed by atoms with van der Waals surface area (Å²) in [7, 11) is -2.38. The Balaban J connectivity index is 1.54. The number of aromatic hydroxyl groups is 1. The van der Waals surface area contributed by atoms with E-state index in [0.29, 0.717) is 48.9 Å². The summed E-state index contributed by atoms with van der Waals surface area (Å²) in [5.41, 5.74) is 1.37. The first-order valence-electron chi connectivity index (χ1n) is 10.9. The van der Waals surface area contributed by atoms with Crippen molar-refractivity contribution in [3.05, 3.63) is 83.1 Å². The first-order valence-corrected chi connectivity index (χ1v) is 12.7. The Hall–Kier alpha value is -2.81. The highest BCUT2D eigenvalue weighted by Crippen LogP contribution is 2.32. The van der Waals surface area contributed by atoms with Gasteiger partial charge in [-0.25, -0.2) is 12.8 Å². The van der Waals surface area contributed by atoms with E-state index in [9.17, 15) is 17.9 Å². The molecule has 9 heteroatoms. The van der Waals surface area contributed by atoms with E-state index in [2.05, 4.69) is 4.90 Å². The van der Waals surface area contributed by atoms with E-state index in [0.717, 1.165) is 5.56 Å². The topological polar surface area (TPSA) is 70.1 Å². The van der Waals surface area contributed by atoms with Gasteiger partial charge in [0.05, 0.1) is 17.7 Å². The lowest BCUT2D eigenvalue weighted by molar-refractivity contribution is 0.206. The van der Waals surface area contributed by atoms with E-state index in [1.807, 2.05) is 6.07 Å². The molecule has 4 rings (SSSR count). The predicted octanol–water partition coefficient (Wildman–Crippen LogP) is 5.05. The predicted molar refractivity (Wildman–Crippen MR) is 130 cm³/mol. The second-order valence-electron chi connectivity index (χ2n) is 8.24. The average Bonchev–Trinajstić information content (AvgIpc) is 2.82. The fraction of sp³-hybridized carbons (Fsp3) is 0.280. The lowest BCUT2D eigenvalue weighted by atomic mass is 10.0. The smallest absolute Gasteiger partial charge is 0.264 e. The van der Waals surface area contributed by atoms with Gasteiger partial charge in [0.25, 0.3) is 10.0 Å². The van der Waals surface area contributed by atoms with Gasteiger partial charge in [-0.15, -0.1) is 0 Å². The second kappa shape index (κ2) is 10.2. The number of methoxy groups -OCH3 is 1. The first-order chi connectivity index (χ1) is 16.3. The van der Waals surface area contributed by atoms with Gasteiger partial charge < -0.3 is 9.84 Å². The van der Waals surface area contributed by atoms with Crippen LogP contribution >= 0.6 is 11.6 Å². The molecule has 0 spiro atoms. The summed E-state index contributed by atoms with van der Waals surface area (Å²) in [4.78, 5) is 2.35. The fourth-order valence-electron chi connectivity index (χ4n) is 4.26. The molecule has 6 nitrogen and oxygen atoms in total. The molecule has 0 atom stereocenters. The molecule has 1 saturated heterocycles. The molecule has 1 N–H and O–H groups in total. The van der Waals surface area contributed by atoms with Gasteiger partial charge in [-0.05, 0) is 79.1 Å². The van der Waals surface area contributed by atoms with E-state index in [-0.39, 0.29) is 16.7 Å². The number of ether oxygens (including phenoxy) is 1. The molecule has 0 unspecified atom stereocenters. The highest BCUT2D eigenvalue weighted by atomic mass is 35.5. The maximum atomic E-state index is 13.6. The fourth-order valence-corrected chi connectivity index (χ4v) is 6.09. The number of phenolic OH excluding ortho intramolecular Hbond substituents is 1. The number of phenols is 1. The molecule has 1 aliphatic heterocycles. The summed E-state index contributed by atoms with van der Waals surface area (Å²) in [5.74, 6) is 0.0846. The number of piperidine rings is 1. The van der Waals surface area contributed by atoms with Crippen molar-refractivity contribution in [2.75, 3.05) is 24.5 Å². The molecular weight excluding hydrogens is 479 g/mol. The van der Waals surface area contributed by atoms with E-state index < -0.39 is 15.8 Å². The zero-order valence-electron chi connectivity index (χ0n) is 18.7. The largest absolute Gasteiger partial charge is 0.504 e. The average molecular weight is 505 g/mol. The Morgan fingerprint density at radius 3 is 2.29 bits per heavy atom. The van der Waals surface area contributed by atoms with Crippen LogP contribution < -0.4 is 9.04 Å². The molecule has 1 fully saturated rings. The minimum Gasteiger partial charge on any atom is -0.504 e. The van der Waals surface area contributed by atoms with Crippen molar-refractivity contribution in [2.24, 2.45) is 0 Å². The summed E-state index contributed by atoms with van der Waals surface area (Å²) in [6, 6.07) is 16.6. The summed E-state index contributed by atoms with van der Waals surface area (Å²) >= 11 is 5.96. The van der Waals surface area contributed by atoms with Gasteiger partial charge in [-0.2, -0.15) is 0 Å². The van der Waals surface area contributed by atoms with Gasteiger partial charge in [-0.3, -0.25) is 9.21 Å². The number of likely N-dealkylation sites (tertiary alicyclic amines) is 1. The van der Waals surface area contributed by atoms with E-state index in [1.54, 1.807) is 24.3 Å². The van der Waals surface area contributed by atoms with Crippen LogP contribution in [0.25, 0.3) is 0 Å². The Morgan fingerprint density at radius 1 is 1.06 bits per heavy atom. The van der Waals surface area contributed by atoms with E-state index in [1.165, 1.54) is 47.8 Å². The molecular formula is C25H26ClFN2O4S. The molecule has 3 aromatic carbocycles. The Morgan fingerprint density at radius 2 is 1.71 bits per heavy atom. The number of nitrogens with zero attached hydrogens (tertiary/aromatic N) is 2. The Labute approximate surface area is 204 Å². The lowest BCUT2D eigenvalue weighted by Crippen LogP contribution is -2.47. The number of rotatable bonds is 7. The maximum absolute atomic E-state index is 13.6. The van der Waals surface area contributed by atoms with Crippen LogP contribution in [0.3, 0.4) is 0 Å². The monoisotopic (exact) mass is 504 g/mol. The van der Waals surface area contributed by atoms with Crippen LogP contribution in [0.5, 0.6) is 11.5 Å². The van der Waals surface area contributed by atoms with Gasteiger partial charge in [0.1, 0.15) is 5.82 Å². The number of sulfonamides is 1. The van der Waals surface area contributed by atoms with Crippen molar-refractivity contribution in [2.45, 2.75) is 30.3 Å². The summed E-state index contributed by atoms with van der Waals surface area (Å²) in [5, 5.41) is 10.5. The van der Waals surface area contributed by atoms with Crippen LogP contribution in [0.2, 0.25) is 5.02 Å². The third-order valence-electron chi connectivity index (χ3n) is 5.99. The van der Waals surface area contributed by atoms with Crippen molar-refractivity contribution in [1.29, 1.82) is 0 Å². The van der Waals surface area contributed by atoms with E-state index in [4.69, 9.17) is 16.3 Å². The molecule has 0 aromatic heterocycles. The second-order valence-corrected chi connectivity index (χ2v) is 10.5. The van der Waals surface area contributed by atoms with Crippen LogP contribution in [0.4, 0.5) is 10.1 Å². The van der Waals surface area contributed by atoms with Crippen LogP contribution in [-0.4, -0.2) is 44.7 Å². The number of hydrogen-bond acceptors (Lipinski definition) is 5. The molecule has 0 radical (unpaired) electrons. The third kappa shape index (κ3) is 5.29. The van der Waals surface area contributed by atoms with Gasteiger partial charge in [0.2, 0.25) is 0 Å². The SMILES string of the molecule is COc1ccc(CN2CCC(N(c3ccc(F)cc3)S(=O)(=O)c3ccc(Cl)cc3)CC2)cc1O. The maximum Gasteiger partial charge on any atom is 0.264 e. The summed E-state index contributed by atoms with van der Waals surface area (Å²) < 4.78 is 47.4. The molecule has 0 amide bonds. The lowest BCUT2D eigenvalue weighted by Gasteiger charge is -2.39. The Kier molecular flexibility index (Phi) is 7.30. The first kappa shape index (κ1) is 24.3. The number of hydrogen-bond donors (Lipinski definition) is 1. The van der Waals surface area contributed by atoms with Crippen molar-refractivity contribution < 1.29 is 22.7 Å². The van der Waals surface area contributed by atoms with Gasteiger partial charge >= 0.3 is 0 Å². The Bertz CT molecular complexity index is 1230. The zero-order valence-corrected chi connectivity index (χ0v) is 20.3. The van der Waals surface area contributed by atoms with Crippen molar-refractivity contribution in [1.82, 2.24) is 4.90 Å². The van der Waals surface area contributed by atoms with Crippen LogP contribution in [0.15, 0.2) is 71.6 Å². The third-order valence-corrected chi connectivity index (χ3v) is 8.14. The van der Waals surface area contributed by atoms with Crippen molar-refractivity contribution >= 4 is 27.3 Å². The van der Waals surface area contributed by atoms with Gasteiger partial charge in [0.15, 0.2) is 11.5 Å². The molecule has 34 heavy (non-hydrogen) atoms. The number of anilines is 1. The molecule has 3 aromatic rings. The van der Waals surface area contributed by atoms with Crippen LogP contribution in [0.1, 0.15) is 18.4 Å². The van der Waals surface area contributed by atoms with Gasteiger partial charge in [0, 0.05) is 30.7 Å². The molecule has 1 aliphatic rings. The molecule has 0 saturated carbocycles. The normalized spacial score (nSPS) is 15.3. The van der Waals surface area contributed by atoms with Crippen molar-refractivity contribution in [3.63, 3.8) is 0 Å². The summed E-state index contributed by atoms with van der Waals surface area (Å²) in [6.45, 7) is 1.97. The molecule has 0 bridgehead atoms. The number of halogens is 2. The molecule has 0 aliphatic carbocycles. The highest BCUT2D eigenvalue weighted by molar-refractivity contribution is 7.92. The molecule has 1 heterocycles. The zero-order chi connectivity index (χ0) is 24.3. The van der Waals surface area contributed by atoms with Crippen LogP contribution in [0, 0.1) is 5.82 Å². The minimum absolute atomic E-state index is 0.0893.